The van der Waals surface area contributed by atoms with Crippen LogP contribution in [-0.2, 0) is 25.8 Å². The average Bonchev–Trinajstić information content (AvgIpc) is 2.83. The summed E-state index contributed by atoms with van der Waals surface area (Å²) in [5, 5.41) is 2.58. The Kier molecular flexibility index (Phi) is 5.99. The summed E-state index contributed by atoms with van der Waals surface area (Å²) in [6.45, 7) is 3.83. The molecule has 1 amide bonds. The topological polar surface area (TPSA) is 89.5 Å². The van der Waals surface area contributed by atoms with E-state index >= 15 is 0 Å². The molecule has 1 atom stereocenters. The molecule has 2 rings (SSSR count). The van der Waals surface area contributed by atoms with Crippen LogP contribution >= 0.6 is 0 Å². The molecule has 1 aromatic carbocycles. The van der Waals surface area contributed by atoms with Crippen molar-refractivity contribution in [3.8, 4) is 0 Å². The van der Waals surface area contributed by atoms with E-state index in [0.29, 0.717) is 17.9 Å². The second-order valence-corrected chi connectivity index (χ2v) is 8.77. The van der Waals surface area contributed by atoms with Gasteiger partial charge in [-0.05, 0) is 36.5 Å². The lowest BCUT2D eigenvalue weighted by molar-refractivity contribution is -0.124. The van der Waals surface area contributed by atoms with Gasteiger partial charge in [0.1, 0.15) is 0 Å². The number of ether oxygens (including phenoxy) is 1. The summed E-state index contributed by atoms with van der Waals surface area (Å²) in [5.41, 5.74) is 1.53. The molecule has 0 spiro atoms. The molecule has 1 aliphatic rings. The van der Waals surface area contributed by atoms with Gasteiger partial charge < -0.3 is 10.1 Å². The van der Waals surface area contributed by atoms with Crippen molar-refractivity contribution in [3.05, 3.63) is 35.4 Å². The van der Waals surface area contributed by atoms with E-state index in [9.17, 15) is 18.0 Å². The van der Waals surface area contributed by atoms with Gasteiger partial charge in [0.15, 0.2) is 16.4 Å². The molecule has 1 aromatic rings. The Labute approximate surface area is 142 Å². The third kappa shape index (κ3) is 5.63. The lowest BCUT2D eigenvalue weighted by Crippen LogP contribution is -2.38. The van der Waals surface area contributed by atoms with Crippen LogP contribution in [-0.4, -0.2) is 44.4 Å². The number of carbonyl (C=O) groups excluding carboxylic acids is 2. The fourth-order valence-electron chi connectivity index (χ4n) is 2.64. The van der Waals surface area contributed by atoms with Crippen molar-refractivity contribution < 1.29 is 22.7 Å². The smallest absolute Gasteiger partial charge is 0.338 e. The molecule has 1 heterocycles. The molecule has 0 radical (unpaired) electrons. The minimum Gasteiger partial charge on any atom is -0.452 e. The maximum atomic E-state index is 11.9. The molecule has 24 heavy (non-hydrogen) atoms. The summed E-state index contributed by atoms with van der Waals surface area (Å²) in [6, 6.07) is 6.72. The molecule has 0 unspecified atom stereocenters. The molecule has 0 aromatic heterocycles. The molecule has 1 saturated heterocycles. The summed E-state index contributed by atoms with van der Waals surface area (Å²) < 4.78 is 27.6. The van der Waals surface area contributed by atoms with E-state index in [2.05, 4.69) is 19.2 Å². The van der Waals surface area contributed by atoms with Crippen molar-refractivity contribution in [1.82, 2.24) is 5.32 Å². The Bertz CT molecular complexity index is 694. The first-order chi connectivity index (χ1) is 11.2. The van der Waals surface area contributed by atoms with E-state index in [4.69, 9.17) is 4.74 Å². The zero-order chi connectivity index (χ0) is 17.7. The standard InChI is InChI=1S/C17H23NO5S/c1-12(2)9-13-3-5-14(6-4-13)17(20)23-10-16(19)18-15-7-8-24(21,22)11-15/h3-6,12,15H,7-11H2,1-2H3,(H,18,19)/t15-/m0/s1. The van der Waals surface area contributed by atoms with Crippen LogP contribution in [0, 0.1) is 5.92 Å². The predicted molar refractivity (Wildman–Crippen MR) is 90.5 cm³/mol. The number of sulfone groups is 1. The number of hydrogen-bond donors (Lipinski definition) is 1. The van der Waals surface area contributed by atoms with Crippen LogP contribution in [0.15, 0.2) is 24.3 Å². The summed E-state index contributed by atoms with van der Waals surface area (Å²) in [6.07, 6.45) is 1.33. The number of rotatable bonds is 6. The van der Waals surface area contributed by atoms with E-state index < -0.39 is 34.4 Å². The highest BCUT2D eigenvalue weighted by Gasteiger charge is 2.29. The third-order valence-electron chi connectivity index (χ3n) is 3.77. The Hall–Kier alpha value is -1.89. The zero-order valence-electron chi connectivity index (χ0n) is 13.9. The number of hydrogen-bond acceptors (Lipinski definition) is 5. The predicted octanol–water partition coefficient (Wildman–Crippen LogP) is 1.35. The maximum Gasteiger partial charge on any atom is 0.338 e. The van der Waals surface area contributed by atoms with E-state index in [0.717, 1.165) is 12.0 Å². The normalized spacial score (nSPS) is 19.2. The Balaban J connectivity index is 1.79. The van der Waals surface area contributed by atoms with Crippen molar-refractivity contribution in [2.75, 3.05) is 18.1 Å². The fourth-order valence-corrected chi connectivity index (χ4v) is 4.31. The van der Waals surface area contributed by atoms with E-state index in [-0.39, 0.29) is 11.5 Å². The van der Waals surface area contributed by atoms with Crippen LogP contribution in [0.2, 0.25) is 0 Å². The van der Waals surface area contributed by atoms with E-state index in [1.807, 2.05) is 12.1 Å². The molecule has 1 aliphatic heterocycles. The SMILES string of the molecule is CC(C)Cc1ccc(C(=O)OCC(=O)N[C@H]2CCS(=O)(=O)C2)cc1. The van der Waals surface area contributed by atoms with Crippen molar-refractivity contribution >= 4 is 21.7 Å². The van der Waals surface area contributed by atoms with Gasteiger partial charge in [0.25, 0.3) is 5.91 Å². The highest BCUT2D eigenvalue weighted by atomic mass is 32.2. The van der Waals surface area contributed by atoms with Gasteiger partial charge in [-0.25, -0.2) is 13.2 Å². The molecule has 0 saturated carbocycles. The van der Waals surface area contributed by atoms with Crippen LogP contribution < -0.4 is 5.32 Å². The first kappa shape index (κ1) is 18.4. The highest BCUT2D eigenvalue weighted by Crippen LogP contribution is 2.12. The molecule has 1 N–H and O–H groups in total. The van der Waals surface area contributed by atoms with E-state index in [1.165, 1.54) is 0 Å². The average molecular weight is 353 g/mol. The number of amides is 1. The molecular formula is C17H23NO5S. The quantitative estimate of drug-likeness (QED) is 0.780. The molecule has 6 nitrogen and oxygen atoms in total. The number of nitrogens with one attached hydrogen (secondary N) is 1. The summed E-state index contributed by atoms with van der Waals surface area (Å²) in [5.74, 6) is -0.488. The van der Waals surface area contributed by atoms with E-state index in [1.54, 1.807) is 12.1 Å². The Morgan fingerprint density at radius 3 is 2.46 bits per heavy atom. The molecule has 7 heteroatoms. The van der Waals surface area contributed by atoms with Crippen molar-refractivity contribution in [2.45, 2.75) is 32.7 Å². The van der Waals surface area contributed by atoms with Gasteiger partial charge in [0.05, 0.1) is 17.1 Å². The molecule has 1 fully saturated rings. The van der Waals surface area contributed by atoms with Gasteiger partial charge >= 0.3 is 5.97 Å². The van der Waals surface area contributed by atoms with Crippen LogP contribution in [0.5, 0.6) is 0 Å². The number of carbonyl (C=O) groups is 2. The van der Waals surface area contributed by atoms with Crippen molar-refractivity contribution in [1.29, 1.82) is 0 Å². The second kappa shape index (κ2) is 7.79. The summed E-state index contributed by atoms with van der Waals surface area (Å²) in [7, 11) is -3.05. The Morgan fingerprint density at radius 2 is 1.92 bits per heavy atom. The van der Waals surface area contributed by atoms with Gasteiger partial charge in [-0.3, -0.25) is 4.79 Å². The second-order valence-electron chi connectivity index (χ2n) is 6.54. The minimum absolute atomic E-state index is 0.0516. The highest BCUT2D eigenvalue weighted by molar-refractivity contribution is 7.91. The van der Waals surface area contributed by atoms with Gasteiger partial charge in [-0.15, -0.1) is 0 Å². The van der Waals surface area contributed by atoms with Crippen LogP contribution in [0.4, 0.5) is 0 Å². The largest absolute Gasteiger partial charge is 0.452 e. The van der Waals surface area contributed by atoms with Crippen LogP contribution in [0.3, 0.4) is 0 Å². The molecular weight excluding hydrogens is 330 g/mol. The first-order valence-electron chi connectivity index (χ1n) is 8.01. The van der Waals surface area contributed by atoms with Crippen molar-refractivity contribution in [3.63, 3.8) is 0 Å². The zero-order valence-corrected chi connectivity index (χ0v) is 14.8. The van der Waals surface area contributed by atoms with Gasteiger partial charge in [0.2, 0.25) is 0 Å². The van der Waals surface area contributed by atoms with Gasteiger partial charge in [-0.2, -0.15) is 0 Å². The molecule has 0 aliphatic carbocycles. The van der Waals surface area contributed by atoms with Gasteiger partial charge in [-0.1, -0.05) is 26.0 Å². The van der Waals surface area contributed by atoms with Crippen LogP contribution in [0.25, 0.3) is 0 Å². The molecule has 0 bridgehead atoms. The summed E-state index contributed by atoms with van der Waals surface area (Å²) in [4.78, 5) is 23.7. The maximum absolute atomic E-state index is 11.9. The number of benzene rings is 1. The lowest BCUT2D eigenvalue weighted by Gasteiger charge is -2.11. The lowest BCUT2D eigenvalue weighted by atomic mass is 10.0. The fraction of sp³-hybridized carbons (Fsp3) is 0.529. The third-order valence-corrected chi connectivity index (χ3v) is 5.53. The molecule has 132 valence electrons. The first-order valence-corrected chi connectivity index (χ1v) is 9.83. The summed E-state index contributed by atoms with van der Waals surface area (Å²) >= 11 is 0. The Morgan fingerprint density at radius 1 is 1.25 bits per heavy atom. The van der Waals surface area contributed by atoms with Gasteiger partial charge in [0, 0.05) is 6.04 Å². The van der Waals surface area contributed by atoms with Crippen molar-refractivity contribution in [2.24, 2.45) is 5.92 Å². The number of esters is 1. The minimum atomic E-state index is -3.05. The monoisotopic (exact) mass is 353 g/mol. The van der Waals surface area contributed by atoms with Crippen LogP contribution in [0.1, 0.15) is 36.2 Å².